The summed E-state index contributed by atoms with van der Waals surface area (Å²) in [5, 5.41) is 6.27. The molecule has 1 amide bonds. The number of methoxy groups -OCH3 is 1. The van der Waals surface area contributed by atoms with Crippen LogP contribution in [0, 0.1) is 12.7 Å². The topological polar surface area (TPSA) is 66.0 Å². The molecule has 6 nitrogen and oxygen atoms in total. The number of benzene rings is 1. The smallest absolute Gasteiger partial charge is 0.243 e. The third kappa shape index (κ3) is 8.48. The Morgan fingerprint density at radius 2 is 2.08 bits per heavy atom. The van der Waals surface area contributed by atoms with E-state index in [0.29, 0.717) is 24.7 Å². The summed E-state index contributed by atoms with van der Waals surface area (Å²) in [6, 6.07) is 4.95. The largest absolute Gasteiger partial charge is 0.383 e. The van der Waals surface area contributed by atoms with Gasteiger partial charge in [0.15, 0.2) is 5.96 Å². The average Bonchev–Trinajstić information content (AvgIpc) is 2.54. The van der Waals surface area contributed by atoms with Crippen LogP contribution in [0.2, 0.25) is 0 Å². The number of rotatable bonds is 7. The number of ether oxygens (including phenoxy) is 1. The van der Waals surface area contributed by atoms with Crippen LogP contribution in [-0.4, -0.2) is 57.7 Å². The summed E-state index contributed by atoms with van der Waals surface area (Å²) in [6.45, 7) is 4.72. The number of likely N-dealkylation sites (N-methyl/N-ethyl adjacent to an activating group) is 1. The van der Waals surface area contributed by atoms with Gasteiger partial charge in [-0.3, -0.25) is 4.79 Å². The van der Waals surface area contributed by atoms with Gasteiger partial charge in [0, 0.05) is 27.7 Å². The van der Waals surface area contributed by atoms with Crippen LogP contribution in [0.25, 0.3) is 0 Å². The van der Waals surface area contributed by atoms with Gasteiger partial charge in [0.1, 0.15) is 12.4 Å². The Bertz CT molecular complexity index is 582. The first-order valence-electron chi connectivity index (χ1n) is 7.85. The predicted octanol–water partition coefficient (Wildman–Crippen LogP) is 2.08. The number of nitrogens with one attached hydrogen (secondary N) is 2. The highest BCUT2D eigenvalue weighted by molar-refractivity contribution is 14.0. The Balaban J connectivity index is 0.00000576. The van der Waals surface area contributed by atoms with Gasteiger partial charge in [0.05, 0.1) is 12.6 Å². The molecule has 8 heteroatoms. The number of carbonyl (C=O) groups excluding carboxylic acids is 1. The normalized spacial score (nSPS) is 12.2. The van der Waals surface area contributed by atoms with Gasteiger partial charge >= 0.3 is 0 Å². The van der Waals surface area contributed by atoms with Gasteiger partial charge in [-0.15, -0.1) is 24.0 Å². The summed E-state index contributed by atoms with van der Waals surface area (Å²) in [4.78, 5) is 17.5. The minimum absolute atomic E-state index is 0. The molecule has 0 aromatic heterocycles. The maximum Gasteiger partial charge on any atom is 0.243 e. The lowest BCUT2D eigenvalue weighted by molar-refractivity contribution is -0.127. The van der Waals surface area contributed by atoms with E-state index in [9.17, 15) is 9.18 Å². The Morgan fingerprint density at radius 3 is 2.64 bits per heavy atom. The van der Waals surface area contributed by atoms with Gasteiger partial charge in [-0.2, -0.15) is 0 Å². The quantitative estimate of drug-likeness (QED) is 0.280. The number of carbonyl (C=O) groups is 1. The van der Waals surface area contributed by atoms with Crippen LogP contribution in [0.15, 0.2) is 23.2 Å². The summed E-state index contributed by atoms with van der Waals surface area (Å²) in [7, 11) is 4.97. The fourth-order valence-electron chi connectivity index (χ4n) is 1.88. The molecule has 1 aromatic carbocycles. The molecule has 1 aromatic rings. The Kier molecular flexibility index (Phi) is 11.3. The maximum absolute atomic E-state index is 13.7. The van der Waals surface area contributed by atoms with Crippen molar-refractivity contribution in [2.75, 3.05) is 40.9 Å². The third-order valence-corrected chi connectivity index (χ3v) is 3.52. The molecule has 0 saturated heterocycles. The van der Waals surface area contributed by atoms with E-state index in [-0.39, 0.29) is 48.3 Å². The van der Waals surface area contributed by atoms with Crippen molar-refractivity contribution < 1.29 is 13.9 Å². The average molecular weight is 466 g/mol. The Morgan fingerprint density at radius 1 is 1.40 bits per heavy atom. The summed E-state index contributed by atoms with van der Waals surface area (Å²) in [5.74, 6) is 0.141. The molecule has 0 heterocycles. The zero-order valence-corrected chi connectivity index (χ0v) is 17.8. The number of nitrogens with zero attached hydrogens (tertiary/aromatic N) is 2. The molecule has 0 aliphatic heterocycles. The van der Waals surface area contributed by atoms with E-state index < -0.39 is 0 Å². The van der Waals surface area contributed by atoms with E-state index in [1.54, 1.807) is 34.2 Å². The molecule has 0 saturated carbocycles. The fourth-order valence-corrected chi connectivity index (χ4v) is 1.88. The number of guanidine groups is 1. The van der Waals surface area contributed by atoms with Crippen LogP contribution < -0.4 is 10.6 Å². The first-order valence-corrected chi connectivity index (χ1v) is 7.85. The zero-order valence-electron chi connectivity index (χ0n) is 15.4. The Hall–Kier alpha value is -1.42. The molecule has 0 radical (unpaired) electrons. The maximum atomic E-state index is 13.7. The SMILES string of the molecule is COCCNC(=NCC(=O)N(C)C)NC(C)c1ccc(C)c(F)c1.I. The van der Waals surface area contributed by atoms with Crippen molar-refractivity contribution in [3.05, 3.63) is 35.1 Å². The molecule has 0 spiro atoms. The highest BCUT2D eigenvalue weighted by atomic mass is 127. The fraction of sp³-hybridized carbons (Fsp3) is 0.529. The summed E-state index contributed by atoms with van der Waals surface area (Å²) in [5.41, 5.74) is 1.41. The standard InChI is InChI=1S/C17H27FN4O2.HI/c1-12-6-7-14(10-15(12)18)13(2)21-17(19-8-9-24-5)20-11-16(23)22(3)4;/h6-7,10,13H,8-9,11H2,1-5H3,(H2,19,20,21);1H. The van der Waals surface area contributed by atoms with E-state index in [2.05, 4.69) is 15.6 Å². The second kappa shape index (κ2) is 12.0. The molecule has 142 valence electrons. The molecular formula is C17H28FIN4O2. The lowest BCUT2D eigenvalue weighted by Crippen LogP contribution is -2.41. The molecule has 1 unspecified atom stereocenters. The molecule has 0 bridgehead atoms. The number of aryl methyl sites for hydroxylation is 1. The van der Waals surface area contributed by atoms with Gasteiger partial charge in [0.25, 0.3) is 0 Å². The van der Waals surface area contributed by atoms with E-state index in [1.807, 2.05) is 13.0 Å². The first-order chi connectivity index (χ1) is 11.3. The minimum atomic E-state index is -0.241. The monoisotopic (exact) mass is 466 g/mol. The number of hydrogen-bond acceptors (Lipinski definition) is 3. The number of halogens is 2. The number of aliphatic imine (C=N–C) groups is 1. The number of amides is 1. The van der Waals surface area contributed by atoms with Crippen LogP contribution in [0.5, 0.6) is 0 Å². The number of hydrogen-bond donors (Lipinski definition) is 2. The Labute approximate surface area is 166 Å². The molecule has 0 fully saturated rings. The van der Waals surface area contributed by atoms with E-state index in [1.165, 1.54) is 11.0 Å². The molecule has 0 aliphatic rings. The van der Waals surface area contributed by atoms with Crippen molar-refractivity contribution in [3.8, 4) is 0 Å². The predicted molar refractivity (Wildman–Crippen MR) is 109 cm³/mol. The van der Waals surface area contributed by atoms with Crippen LogP contribution in [0.4, 0.5) is 4.39 Å². The van der Waals surface area contributed by atoms with Crippen molar-refractivity contribution in [1.82, 2.24) is 15.5 Å². The van der Waals surface area contributed by atoms with Gasteiger partial charge in [-0.25, -0.2) is 9.38 Å². The lowest BCUT2D eigenvalue weighted by atomic mass is 10.1. The highest BCUT2D eigenvalue weighted by Crippen LogP contribution is 2.16. The first kappa shape index (κ1) is 23.6. The molecule has 0 aliphatic carbocycles. The van der Waals surface area contributed by atoms with E-state index >= 15 is 0 Å². The summed E-state index contributed by atoms with van der Waals surface area (Å²) >= 11 is 0. The molecule has 1 atom stereocenters. The summed E-state index contributed by atoms with van der Waals surface area (Å²) < 4.78 is 18.7. The van der Waals surface area contributed by atoms with Crippen LogP contribution >= 0.6 is 24.0 Å². The molecular weight excluding hydrogens is 438 g/mol. The summed E-state index contributed by atoms with van der Waals surface area (Å²) in [6.07, 6.45) is 0. The van der Waals surface area contributed by atoms with E-state index in [4.69, 9.17) is 4.74 Å². The molecule has 2 N–H and O–H groups in total. The second-order valence-corrected chi connectivity index (χ2v) is 5.75. The van der Waals surface area contributed by atoms with Gasteiger partial charge in [0.2, 0.25) is 5.91 Å². The van der Waals surface area contributed by atoms with Crippen molar-refractivity contribution in [1.29, 1.82) is 0 Å². The van der Waals surface area contributed by atoms with Crippen LogP contribution in [0.3, 0.4) is 0 Å². The molecule has 25 heavy (non-hydrogen) atoms. The van der Waals surface area contributed by atoms with Crippen LogP contribution in [-0.2, 0) is 9.53 Å². The highest BCUT2D eigenvalue weighted by Gasteiger charge is 2.11. The zero-order chi connectivity index (χ0) is 18.1. The van der Waals surface area contributed by atoms with Gasteiger partial charge < -0.3 is 20.3 Å². The third-order valence-electron chi connectivity index (χ3n) is 3.52. The van der Waals surface area contributed by atoms with Crippen molar-refractivity contribution in [2.45, 2.75) is 19.9 Å². The van der Waals surface area contributed by atoms with Gasteiger partial charge in [-0.05, 0) is 31.0 Å². The lowest BCUT2D eigenvalue weighted by Gasteiger charge is -2.19. The van der Waals surface area contributed by atoms with E-state index in [0.717, 1.165) is 5.56 Å². The minimum Gasteiger partial charge on any atom is -0.383 e. The van der Waals surface area contributed by atoms with Crippen LogP contribution in [0.1, 0.15) is 24.1 Å². The second-order valence-electron chi connectivity index (χ2n) is 5.75. The van der Waals surface area contributed by atoms with Crippen molar-refractivity contribution in [3.63, 3.8) is 0 Å². The van der Waals surface area contributed by atoms with Crippen molar-refractivity contribution >= 4 is 35.8 Å². The van der Waals surface area contributed by atoms with Crippen molar-refractivity contribution in [2.24, 2.45) is 4.99 Å². The van der Waals surface area contributed by atoms with Gasteiger partial charge in [-0.1, -0.05) is 12.1 Å². The molecule has 1 rings (SSSR count).